The first kappa shape index (κ1) is 12.6. The van der Waals surface area contributed by atoms with Crippen LogP contribution >= 0.6 is 0 Å². The van der Waals surface area contributed by atoms with Gasteiger partial charge in [0.1, 0.15) is 0 Å². The van der Waals surface area contributed by atoms with Crippen LogP contribution in [0.1, 0.15) is 11.1 Å². The van der Waals surface area contributed by atoms with Crippen LogP contribution in [0.25, 0.3) is 6.08 Å². The van der Waals surface area contributed by atoms with Gasteiger partial charge in [-0.15, -0.1) is 0 Å². The van der Waals surface area contributed by atoms with E-state index in [-0.39, 0.29) is 18.4 Å². The summed E-state index contributed by atoms with van der Waals surface area (Å²) in [6.45, 7) is 0.209. The topological polar surface area (TPSA) is 70.0 Å². The maximum atomic E-state index is 11.9. The molecule has 0 N–H and O–H groups in total. The number of carbonyl (C=O) groups is 1. The first-order chi connectivity index (χ1) is 10.8. The molecule has 6 nitrogen and oxygen atoms in total. The number of cyclic esters (lactones) is 1. The molecule has 0 radical (unpaired) electrons. The molecule has 0 unspecified atom stereocenters. The number of rotatable bonds is 2. The second-order valence-electron chi connectivity index (χ2n) is 4.69. The molecule has 6 heteroatoms. The number of pyridine rings is 1. The third-order valence-corrected chi connectivity index (χ3v) is 3.23. The summed E-state index contributed by atoms with van der Waals surface area (Å²) in [6, 6.07) is 8.94. The molecule has 3 heterocycles. The maximum Gasteiger partial charge on any atom is 0.363 e. The van der Waals surface area contributed by atoms with E-state index >= 15 is 0 Å². The number of aliphatic imine (C=N–C) groups is 1. The van der Waals surface area contributed by atoms with Gasteiger partial charge in [-0.3, -0.25) is 4.98 Å². The minimum Gasteiger partial charge on any atom is -0.454 e. The lowest BCUT2D eigenvalue weighted by atomic mass is 10.1. The van der Waals surface area contributed by atoms with E-state index in [0.29, 0.717) is 17.1 Å². The van der Waals surface area contributed by atoms with Crippen molar-refractivity contribution in [2.75, 3.05) is 6.79 Å². The summed E-state index contributed by atoms with van der Waals surface area (Å²) in [5.74, 6) is 1.11. The molecule has 0 aliphatic carbocycles. The normalized spacial score (nSPS) is 17.5. The van der Waals surface area contributed by atoms with Crippen molar-refractivity contribution >= 4 is 17.9 Å². The van der Waals surface area contributed by atoms with E-state index in [0.717, 1.165) is 5.56 Å². The molecule has 0 fully saturated rings. The van der Waals surface area contributed by atoms with Crippen LogP contribution in [0, 0.1) is 0 Å². The van der Waals surface area contributed by atoms with Crippen molar-refractivity contribution in [2.24, 2.45) is 4.99 Å². The van der Waals surface area contributed by atoms with E-state index in [2.05, 4.69) is 9.98 Å². The minimum absolute atomic E-state index is 0.209. The van der Waals surface area contributed by atoms with Crippen molar-refractivity contribution in [2.45, 2.75) is 0 Å². The van der Waals surface area contributed by atoms with E-state index in [1.54, 1.807) is 42.7 Å². The average Bonchev–Trinajstić information content (AvgIpc) is 3.15. The molecular formula is C16H10N2O4. The SMILES string of the molecule is O=C1OC(c2cccnc2)=N/C1=C\c1ccc2c(c1)OCO2. The molecule has 0 spiro atoms. The van der Waals surface area contributed by atoms with Crippen LogP contribution in [0.5, 0.6) is 11.5 Å². The molecule has 22 heavy (non-hydrogen) atoms. The smallest absolute Gasteiger partial charge is 0.363 e. The van der Waals surface area contributed by atoms with Gasteiger partial charge in [0.25, 0.3) is 0 Å². The molecule has 1 aromatic carbocycles. The average molecular weight is 294 g/mol. The third-order valence-electron chi connectivity index (χ3n) is 3.23. The molecule has 0 bridgehead atoms. The van der Waals surface area contributed by atoms with Gasteiger partial charge in [-0.1, -0.05) is 6.07 Å². The van der Waals surface area contributed by atoms with E-state index in [9.17, 15) is 4.79 Å². The van der Waals surface area contributed by atoms with Gasteiger partial charge in [-0.05, 0) is 35.9 Å². The Kier molecular flexibility index (Phi) is 2.86. The molecular weight excluding hydrogens is 284 g/mol. The van der Waals surface area contributed by atoms with Gasteiger partial charge in [0.05, 0.1) is 5.56 Å². The Balaban J connectivity index is 1.67. The standard InChI is InChI=1S/C16H10N2O4/c19-16-12(18-15(22-16)11-2-1-5-17-8-11)6-10-3-4-13-14(7-10)21-9-20-13/h1-8H,9H2/b12-6-. The Labute approximate surface area is 125 Å². The number of carbonyl (C=O) groups excluding carboxylic acids is 1. The summed E-state index contributed by atoms with van der Waals surface area (Å²) in [4.78, 5) is 20.1. The van der Waals surface area contributed by atoms with Crippen LogP contribution in [-0.4, -0.2) is 23.6 Å². The number of hydrogen-bond acceptors (Lipinski definition) is 6. The third kappa shape index (κ3) is 2.20. The highest BCUT2D eigenvalue weighted by Gasteiger charge is 2.24. The van der Waals surface area contributed by atoms with Gasteiger partial charge in [-0.25, -0.2) is 9.79 Å². The van der Waals surface area contributed by atoms with Crippen LogP contribution in [-0.2, 0) is 9.53 Å². The van der Waals surface area contributed by atoms with E-state index in [1.807, 2.05) is 6.07 Å². The Morgan fingerprint density at radius 1 is 1.14 bits per heavy atom. The zero-order valence-electron chi connectivity index (χ0n) is 11.4. The highest BCUT2D eigenvalue weighted by atomic mass is 16.7. The number of fused-ring (bicyclic) bond motifs is 1. The summed E-state index contributed by atoms with van der Waals surface area (Å²) < 4.78 is 15.7. The van der Waals surface area contributed by atoms with Crippen molar-refractivity contribution in [1.29, 1.82) is 0 Å². The Morgan fingerprint density at radius 2 is 2.05 bits per heavy atom. The predicted molar refractivity (Wildman–Crippen MR) is 77.4 cm³/mol. The van der Waals surface area contributed by atoms with Crippen molar-refractivity contribution in [3.8, 4) is 11.5 Å². The molecule has 0 atom stereocenters. The lowest BCUT2D eigenvalue weighted by Crippen LogP contribution is -2.05. The van der Waals surface area contributed by atoms with Crippen LogP contribution in [0.4, 0.5) is 0 Å². The second-order valence-corrected chi connectivity index (χ2v) is 4.69. The van der Waals surface area contributed by atoms with Gasteiger partial charge >= 0.3 is 5.97 Å². The van der Waals surface area contributed by atoms with Gasteiger partial charge in [-0.2, -0.15) is 0 Å². The summed E-state index contributed by atoms with van der Waals surface area (Å²) >= 11 is 0. The second kappa shape index (κ2) is 5.00. The van der Waals surface area contributed by atoms with Gasteiger partial charge in [0.2, 0.25) is 12.7 Å². The number of esters is 1. The largest absolute Gasteiger partial charge is 0.454 e. The van der Waals surface area contributed by atoms with Crippen LogP contribution in [0.2, 0.25) is 0 Å². The summed E-state index contributed by atoms with van der Waals surface area (Å²) in [5, 5.41) is 0. The summed E-state index contributed by atoms with van der Waals surface area (Å²) in [6.07, 6.45) is 4.88. The maximum absolute atomic E-state index is 11.9. The first-order valence-corrected chi connectivity index (χ1v) is 6.62. The van der Waals surface area contributed by atoms with Gasteiger partial charge in [0, 0.05) is 12.4 Å². The van der Waals surface area contributed by atoms with Crippen molar-refractivity contribution in [3.63, 3.8) is 0 Å². The van der Waals surface area contributed by atoms with Gasteiger partial charge < -0.3 is 14.2 Å². The molecule has 1 aromatic heterocycles. The zero-order valence-corrected chi connectivity index (χ0v) is 11.4. The quantitative estimate of drug-likeness (QED) is 0.627. The fraction of sp³-hybridized carbons (Fsp3) is 0.0625. The Hall–Kier alpha value is -3.15. The Morgan fingerprint density at radius 3 is 2.91 bits per heavy atom. The number of nitrogens with zero attached hydrogens (tertiary/aromatic N) is 2. The molecule has 108 valence electrons. The molecule has 2 aliphatic heterocycles. The highest BCUT2D eigenvalue weighted by Crippen LogP contribution is 2.33. The van der Waals surface area contributed by atoms with Crippen molar-refractivity contribution in [1.82, 2.24) is 4.98 Å². The van der Waals surface area contributed by atoms with E-state index in [4.69, 9.17) is 14.2 Å². The van der Waals surface area contributed by atoms with Crippen molar-refractivity contribution in [3.05, 3.63) is 59.5 Å². The molecule has 0 saturated heterocycles. The van der Waals surface area contributed by atoms with E-state index in [1.165, 1.54) is 0 Å². The number of benzene rings is 1. The number of ether oxygens (including phenoxy) is 3. The molecule has 4 rings (SSSR count). The monoisotopic (exact) mass is 294 g/mol. The lowest BCUT2D eigenvalue weighted by molar-refractivity contribution is -0.129. The first-order valence-electron chi connectivity index (χ1n) is 6.62. The number of aromatic nitrogens is 1. The molecule has 0 saturated carbocycles. The van der Waals surface area contributed by atoms with E-state index < -0.39 is 5.97 Å². The van der Waals surface area contributed by atoms with Crippen LogP contribution < -0.4 is 9.47 Å². The Bertz CT molecular complexity index is 812. The lowest BCUT2D eigenvalue weighted by Gasteiger charge is -1.97. The fourth-order valence-corrected chi connectivity index (χ4v) is 2.18. The fourth-order valence-electron chi connectivity index (χ4n) is 2.18. The number of hydrogen-bond donors (Lipinski definition) is 0. The zero-order chi connectivity index (χ0) is 14.9. The van der Waals surface area contributed by atoms with Gasteiger partial charge in [0.15, 0.2) is 17.2 Å². The molecule has 2 aromatic rings. The minimum atomic E-state index is -0.489. The molecule has 2 aliphatic rings. The van der Waals surface area contributed by atoms with Crippen LogP contribution in [0.15, 0.2) is 53.4 Å². The highest BCUT2D eigenvalue weighted by molar-refractivity contribution is 6.12. The van der Waals surface area contributed by atoms with Crippen LogP contribution in [0.3, 0.4) is 0 Å². The molecule has 0 amide bonds. The van der Waals surface area contributed by atoms with Crippen molar-refractivity contribution < 1.29 is 19.0 Å². The summed E-state index contributed by atoms with van der Waals surface area (Å²) in [7, 11) is 0. The summed E-state index contributed by atoms with van der Waals surface area (Å²) in [5.41, 5.74) is 1.68. The predicted octanol–water partition coefficient (Wildman–Crippen LogP) is 2.15.